The van der Waals surface area contributed by atoms with Gasteiger partial charge in [0.25, 0.3) is 0 Å². The van der Waals surface area contributed by atoms with Gasteiger partial charge >= 0.3 is 17.9 Å². The van der Waals surface area contributed by atoms with Crippen molar-refractivity contribution in [1.29, 1.82) is 0 Å². The van der Waals surface area contributed by atoms with Crippen LogP contribution in [0.4, 0.5) is 0 Å². The second-order valence-corrected chi connectivity index (χ2v) is 15.0. The molecule has 1 saturated heterocycles. The number of ether oxygens (including phenoxy) is 3. The van der Waals surface area contributed by atoms with Crippen LogP contribution < -0.4 is 9.92 Å². The van der Waals surface area contributed by atoms with Gasteiger partial charge in [-0.15, -0.1) is 0 Å². The molecule has 192 valence electrons. The molecule has 1 aliphatic heterocycles. The lowest BCUT2D eigenvalue weighted by molar-refractivity contribution is -0.166. The first-order valence-electron chi connectivity index (χ1n) is 12.5. The fourth-order valence-electron chi connectivity index (χ4n) is 4.24. The number of hydrogen-bond acceptors (Lipinski definition) is 6. The minimum Gasteiger partial charge on any atom is -0.493 e. The maximum atomic E-state index is 12.0. The van der Waals surface area contributed by atoms with E-state index in [1.54, 1.807) is 6.92 Å². The molecule has 1 aliphatic rings. The summed E-state index contributed by atoms with van der Waals surface area (Å²) in [4.78, 5) is 35.2. The predicted octanol–water partition coefficient (Wildman–Crippen LogP) is 5.55. The molecule has 0 unspecified atom stereocenters. The molecule has 3 rings (SSSR count). The maximum absolute atomic E-state index is 12.0. The molecule has 1 heterocycles. The van der Waals surface area contributed by atoms with E-state index in [4.69, 9.17) is 9.47 Å². The summed E-state index contributed by atoms with van der Waals surface area (Å²) in [6.45, 7) is 12.5. The molecule has 2 aromatic rings. The highest BCUT2D eigenvalue weighted by molar-refractivity contribution is 6.89. The molecule has 0 aromatic heterocycles. The van der Waals surface area contributed by atoms with Crippen LogP contribution in [0.3, 0.4) is 0 Å². The van der Waals surface area contributed by atoms with Crippen LogP contribution in [0.2, 0.25) is 19.1 Å². The number of hydrogen-bond donors (Lipinski definition) is 0. The Balaban J connectivity index is 1.81. The zero-order valence-corrected chi connectivity index (χ0v) is 22.7. The van der Waals surface area contributed by atoms with Crippen LogP contribution in [0.5, 0.6) is 5.75 Å². The zero-order valence-electron chi connectivity index (χ0n) is 21.7. The first kappa shape index (κ1) is 27.4. The fraction of sp³-hybridized carbons (Fsp3) is 0.414. The molecule has 0 spiro atoms. The Morgan fingerprint density at radius 1 is 1.06 bits per heavy atom. The first-order valence-corrected chi connectivity index (χ1v) is 15.7. The van der Waals surface area contributed by atoms with E-state index in [2.05, 4.69) is 55.6 Å². The number of carbonyl (C=O) groups is 3. The summed E-state index contributed by atoms with van der Waals surface area (Å²) >= 11 is 0. The SMILES string of the molecule is C=C(C)C(=O)OCc1cc(-c2ccc([Si](C)(C)CCCC)cc2)ccc1OCC1CC(=O)OC(=O)C1. The first-order chi connectivity index (χ1) is 17.1. The summed E-state index contributed by atoms with van der Waals surface area (Å²) < 4.78 is 16.0. The van der Waals surface area contributed by atoms with E-state index in [1.165, 1.54) is 24.1 Å². The molecule has 0 amide bonds. The number of esters is 3. The van der Waals surface area contributed by atoms with Crippen molar-refractivity contribution < 1.29 is 28.6 Å². The highest BCUT2D eigenvalue weighted by atomic mass is 28.3. The zero-order chi connectivity index (χ0) is 26.3. The van der Waals surface area contributed by atoms with Gasteiger partial charge in [0.15, 0.2) is 0 Å². The lowest BCUT2D eigenvalue weighted by atomic mass is 10.0. The maximum Gasteiger partial charge on any atom is 0.333 e. The quantitative estimate of drug-likeness (QED) is 0.171. The largest absolute Gasteiger partial charge is 0.493 e. The summed E-state index contributed by atoms with van der Waals surface area (Å²) in [6.07, 6.45) is 2.73. The Morgan fingerprint density at radius 2 is 1.69 bits per heavy atom. The van der Waals surface area contributed by atoms with Crippen molar-refractivity contribution in [3.05, 3.63) is 60.2 Å². The third-order valence-electron chi connectivity index (χ3n) is 6.54. The molecule has 7 heteroatoms. The number of rotatable bonds is 11. The van der Waals surface area contributed by atoms with Gasteiger partial charge < -0.3 is 14.2 Å². The summed E-state index contributed by atoms with van der Waals surface area (Å²) in [5.74, 6) is -1.25. The number of carbonyl (C=O) groups excluding carboxylic acids is 3. The van der Waals surface area contributed by atoms with Crippen LogP contribution in [0.15, 0.2) is 54.6 Å². The van der Waals surface area contributed by atoms with Gasteiger partial charge in [0.05, 0.1) is 27.5 Å². The molecular formula is C29H36O6Si. The molecule has 0 bridgehead atoms. The molecule has 0 atom stereocenters. The Bertz CT molecular complexity index is 1100. The number of cyclic esters (lactones) is 2. The Morgan fingerprint density at radius 3 is 2.31 bits per heavy atom. The van der Waals surface area contributed by atoms with Crippen molar-refractivity contribution in [3.8, 4) is 16.9 Å². The third kappa shape index (κ3) is 7.40. The van der Waals surface area contributed by atoms with Crippen molar-refractivity contribution >= 4 is 31.2 Å². The minimum absolute atomic E-state index is 0.0234. The number of unbranched alkanes of at least 4 members (excludes halogenated alkanes) is 1. The average molecular weight is 509 g/mol. The molecule has 0 radical (unpaired) electrons. The van der Waals surface area contributed by atoms with Crippen LogP contribution in [0.1, 0.15) is 45.1 Å². The highest BCUT2D eigenvalue weighted by Gasteiger charge is 2.28. The van der Waals surface area contributed by atoms with Crippen molar-refractivity contribution in [1.82, 2.24) is 0 Å². The van der Waals surface area contributed by atoms with Crippen LogP contribution in [0.25, 0.3) is 11.1 Å². The minimum atomic E-state index is -1.46. The molecule has 1 fully saturated rings. The third-order valence-corrected chi connectivity index (χ3v) is 10.0. The van der Waals surface area contributed by atoms with E-state index < -0.39 is 26.0 Å². The monoisotopic (exact) mass is 508 g/mol. The Kier molecular flexibility index (Phi) is 9.26. The Labute approximate surface area is 214 Å². The predicted molar refractivity (Wildman–Crippen MR) is 143 cm³/mol. The molecule has 6 nitrogen and oxygen atoms in total. The van der Waals surface area contributed by atoms with E-state index in [0.717, 1.165) is 11.1 Å². The van der Waals surface area contributed by atoms with Gasteiger partial charge in [0.2, 0.25) is 0 Å². The molecule has 0 aliphatic carbocycles. The second-order valence-electron chi connectivity index (χ2n) is 10.2. The lowest BCUT2D eigenvalue weighted by Crippen LogP contribution is -2.40. The average Bonchev–Trinajstić information content (AvgIpc) is 2.84. The summed E-state index contributed by atoms with van der Waals surface area (Å²) in [7, 11) is -1.46. The van der Waals surface area contributed by atoms with E-state index >= 15 is 0 Å². The molecule has 0 N–H and O–H groups in total. The van der Waals surface area contributed by atoms with Crippen LogP contribution in [-0.2, 0) is 30.5 Å². The van der Waals surface area contributed by atoms with Crippen molar-refractivity contribution in [3.63, 3.8) is 0 Å². The van der Waals surface area contributed by atoms with E-state index in [0.29, 0.717) is 16.9 Å². The summed E-state index contributed by atoms with van der Waals surface area (Å²) in [5.41, 5.74) is 3.07. The van der Waals surface area contributed by atoms with E-state index in [1.807, 2.05) is 18.2 Å². The summed E-state index contributed by atoms with van der Waals surface area (Å²) in [6, 6.07) is 15.8. The van der Waals surface area contributed by atoms with Gasteiger partial charge in [-0.05, 0) is 30.2 Å². The number of benzene rings is 2. The van der Waals surface area contributed by atoms with E-state index in [-0.39, 0.29) is 32.0 Å². The lowest BCUT2D eigenvalue weighted by Gasteiger charge is -2.23. The standard InChI is InChI=1S/C29H36O6Si/c1-6-7-14-36(4,5)25-11-8-22(9-12-25)23-10-13-26(24(17-23)19-34-29(32)20(2)3)33-18-21-15-27(30)35-28(31)16-21/h8-13,17,21H,2,6-7,14-16,18-19H2,1,3-5H3. The fourth-order valence-corrected chi connectivity index (χ4v) is 6.83. The van der Waals surface area contributed by atoms with Gasteiger partial charge in [-0.3, -0.25) is 9.59 Å². The molecule has 36 heavy (non-hydrogen) atoms. The molecule has 0 saturated carbocycles. The second kappa shape index (κ2) is 12.2. The van der Waals surface area contributed by atoms with E-state index in [9.17, 15) is 14.4 Å². The highest BCUT2D eigenvalue weighted by Crippen LogP contribution is 2.29. The van der Waals surface area contributed by atoms with Gasteiger partial charge in [-0.2, -0.15) is 0 Å². The summed E-state index contributed by atoms with van der Waals surface area (Å²) in [5, 5.41) is 1.44. The van der Waals surface area contributed by atoms with Crippen molar-refractivity contribution in [2.24, 2.45) is 5.92 Å². The van der Waals surface area contributed by atoms with Crippen LogP contribution in [-0.4, -0.2) is 32.6 Å². The van der Waals surface area contributed by atoms with Crippen LogP contribution >= 0.6 is 0 Å². The normalized spacial score (nSPS) is 14.3. The van der Waals surface area contributed by atoms with Crippen molar-refractivity contribution in [2.75, 3.05) is 6.61 Å². The van der Waals surface area contributed by atoms with Crippen molar-refractivity contribution in [2.45, 2.75) is 65.3 Å². The van der Waals surface area contributed by atoms with Gasteiger partial charge in [0.1, 0.15) is 12.4 Å². The topological polar surface area (TPSA) is 78.9 Å². The van der Waals surface area contributed by atoms with Gasteiger partial charge in [-0.25, -0.2) is 4.79 Å². The van der Waals surface area contributed by atoms with Gasteiger partial charge in [-0.1, -0.05) is 81.0 Å². The molecule has 2 aromatic carbocycles. The Hall–Kier alpha value is -3.19. The smallest absolute Gasteiger partial charge is 0.333 e. The molecular weight excluding hydrogens is 472 g/mol. The van der Waals surface area contributed by atoms with Crippen LogP contribution in [0, 0.1) is 5.92 Å². The van der Waals surface area contributed by atoms with Gasteiger partial charge in [0, 0.05) is 17.1 Å².